The van der Waals surface area contributed by atoms with Gasteiger partial charge in [-0.1, -0.05) is 23.7 Å². The van der Waals surface area contributed by atoms with Gasteiger partial charge in [0.25, 0.3) is 0 Å². The number of carbonyl (C=O) groups excluding carboxylic acids is 2. The standard InChI is InChI=1S/C18H16ClN3O3S/c1-11(23)20-14-4-2-3-12(7-14)9-22-18(25)26-10-16(21-22)15-8-13(19)5-6-17(15)24/h2-8,10,21,24H,9H2,1H3,(H,20,23). The third kappa shape index (κ3) is 4.30. The molecule has 8 heteroatoms. The highest BCUT2D eigenvalue weighted by Crippen LogP contribution is 2.32. The normalized spacial score (nSPS) is 13.8. The van der Waals surface area contributed by atoms with E-state index in [2.05, 4.69) is 10.7 Å². The van der Waals surface area contributed by atoms with Crippen molar-refractivity contribution in [2.45, 2.75) is 13.5 Å². The monoisotopic (exact) mass is 389 g/mol. The van der Waals surface area contributed by atoms with E-state index in [9.17, 15) is 14.7 Å². The number of aromatic hydroxyl groups is 1. The first-order chi connectivity index (χ1) is 12.4. The van der Waals surface area contributed by atoms with Crippen LogP contribution in [0, 0.1) is 0 Å². The van der Waals surface area contributed by atoms with Crippen molar-refractivity contribution in [3.8, 4) is 5.75 Å². The van der Waals surface area contributed by atoms with Gasteiger partial charge >= 0.3 is 5.24 Å². The van der Waals surface area contributed by atoms with Crippen molar-refractivity contribution >= 4 is 45.9 Å². The Hall–Kier alpha value is -2.64. The van der Waals surface area contributed by atoms with Crippen molar-refractivity contribution in [1.82, 2.24) is 10.4 Å². The Labute approximate surface area is 159 Å². The molecule has 3 N–H and O–H groups in total. The Morgan fingerprint density at radius 3 is 2.88 bits per heavy atom. The van der Waals surface area contributed by atoms with Gasteiger partial charge in [-0.2, -0.15) is 0 Å². The van der Waals surface area contributed by atoms with Crippen molar-refractivity contribution in [2.75, 3.05) is 5.32 Å². The molecule has 3 rings (SSSR count). The summed E-state index contributed by atoms with van der Waals surface area (Å²) in [5.41, 5.74) is 5.60. The minimum absolute atomic E-state index is 0.0655. The molecule has 0 atom stereocenters. The van der Waals surface area contributed by atoms with Gasteiger partial charge in [0.15, 0.2) is 0 Å². The van der Waals surface area contributed by atoms with Crippen molar-refractivity contribution < 1.29 is 14.7 Å². The molecule has 0 aliphatic carbocycles. The van der Waals surface area contributed by atoms with Gasteiger partial charge in [-0.15, -0.1) is 0 Å². The first-order valence-electron chi connectivity index (χ1n) is 7.73. The molecule has 1 aliphatic heterocycles. The topological polar surface area (TPSA) is 81.7 Å². The predicted molar refractivity (Wildman–Crippen MR) is 104 cm³/mol. The summed E-state index contributed by atoms with van der Waals surface area (Å²) in [5, 5.41) is 16.1. The first kappa shape index (κ1) is 18.2. The van der Waals surface area contributed by atoms with Crippen molar-refractivity contribution in [2.24, 2.45) is 0 Å². The second-order valence-electron chi connectivity index (χ2n) is 5.66. The number of rotatable bonds is 4. The molecule has 0 aromatic heterocycles. The van der Waals surface area contributed by atoms with Crippen LogP contribution in [-0.2, 0) is 11.3 Å². The maximum absolute atomic E-state index is 12.2. The van der Waals surface area contributed by atoms with E-state index >= 15 is 0 Å². The zero-order valence-electron chi connectivity index (χ0n) is 13.8. The van der Waals surface area contributed by atoms with E-state index in [0.29, 0.717) is 22.0 Å². The van der Waals surface area contributed by atoms with Crippen LogP contribution in [0.3, 0.4) is 0 Å². The fourth-order valence-electron chi connectivity index (χ4n) is 2.48. The Kier molecular flexibility index (Phi) is 5.39. The van der Waals surface area contributed by atoms with E-state index in [1.165, 1.54) is 18.0 Å². The number of hydrazine groups is 1. The zero-order valence-corrected chi connectivity index (χ0v) is 15.4. The highest BCUT2D eigenvalue weighted by Gasteiger charge is 2.22. The number of halogens is 1. The number of thioether (sulfide) groups is 1. The average Bonchev–Trinajstić information content (AvgIpc) is 2.59. The van der Waals surface area contributed by atoms with Gasteiger partial charge in [0.05, 0.1) is 12.2 Å². The Morgan fingerprint density at radius 2 is 2.12 bits per heavy atom. The number of nitrogens with one attached hydrogen (secondary N) is 2. The predicted octanol–water partition coefficient (Wildman–Crippen LogP) is 4.18. The maximum atomic E-state index is 12.2. The summed E-state index contributed by atoms with van der Waals surface area (Å²) in [4.78, 5) is 23.4. The third-order valence-corrected chi connectivity index (χ3v) is 4.60. The molecule has 26 heavy (non-hydrogen) atoms. The second-order valence-corrected chi connectivity index (χ2v) is 6.91. The quantitative estimate of drug-likeness (QED) is 0.730. The minimum atomic E-state index is -0.180. The first-order valence-corrected chi connectivity index (χ1v) is 8.98. The van der Waals surface area contributed by atoms with Gasteiger partial charge in [-0.3, -0.25) is 15.0 Å². The van der Waals surface area contributed by atoms with Gasteiger partial charge in [-0.05, 0) is 47.7 Å². The number of phenolic OH excluding ortho intramolecular Hbond substituents is 1. The van der Waals surface area contributed by atoms with Crippen LogP contribution in [0.1, 0.15) is 18.1 Å². The molecule has 1 aliphatic rings. The van der Waals surface area contributed by atoms with E-state index in [4.69, 9.17) is 11.6 Å². The Morgan fingerprint density at radius 1 is 1.31 bits per heavy atom. The summed E-state index contributed by atoms with van der Waals surface area (Å²) < 4.78 is 0. The van der Waals surface area contributed by atoms with Gasteiger partial charge in [0, 0.05) is 28.6 Å². The molecular formula is C18H16ClN3O3S. The number of carbonyl (C=O) groups is 2. The molecule has 2 aromatic rings. The molecule has 0 unspecified atom stereocenters. The van der Waals surface area contributed by atoms with Crippen LogP contribution in [0.25, 0.3) is 5.70 Å². The molecule has 2 amide bonds. The van der Waals surface area contributed by atoms with Crippen LogP contribution in [0.15, 0.2) is 47.9 Å². The lowest BCUT2D eigenvalue weighted by Gasteiger charge is -2.29. The molecule has 2 aromatic carbocycles. The van der Waals surface area contributed by atoms with E-state index in [1.807, 2.05) is 12.1 Å². The Balaban J connectivity index is 1.79. The molecule has 0 fully saturated rings. The smallest absolute Gasteiger partial charge is 0.304 e. The molecule has 0 saturated carbocycles. The molecule has 0 saturated heterocycles. The second kappa shape index (κ2) is 7.72. The number of hydrogen-bond acceptors (Lipinski definition) is 5. The highest BCUT2D eigenvalue weighted by atomic mass is 35.5. The van der Waals surface area contributed by atoms with Crippen molar-refractivity contribution in [3.05, 3.63) is 64.0 Å². The highest BCUT2D eigenvalue weighted by molar-refractivity contribution is 8.16. The van der Waals surface area contributed by atoms with E-state index < -0.39 is 0 Å². The van der Waals surface area contributed by atoms with E-state index in [1.54, 1.807) is 29.7 Å². The minimum Gasteiger partial charge on any atom is -0.507 e. The van der Waals surface area contributed by atoms with Crippen molar-refractivity contribution in [3.63, 3.8) is 0 Å². The zero-order chi connectivity index (χ0) is 18.7. The molecule has 0 spiro atoms. The number of benzene rings is 2. The van der Waals surface area contributed by atoms with Crippen molar-refractivity contribution in [1.29, 1.82) is 0 Å². The van der Waals surface area contributed by atoms with Crippen LogP contribution in [0.2, 0.25) is 5.02 Å². The molecule has 0 bridgehead atoms. The van der Waals surface area contributed by atoms with Crippen LogP contribution >= 0.6 is 23.4 Å². The van der Waals surface area contributed by atoms with Gasteiger partial charge in [0.1, 0.15) is 5.75 Å². The van der Waals surface area contributed by atoms with Gasteiger partial charge in [-0.25, -0.2) is 5.01 Å². The fraction of sp³-hybridized carbons (Fsp3) is 0.111. The molecule has 0 radical (unpaired) electrons. The number of amides is 2. The van der Waals surface area contributed by atoms with Crippen LogP contribution in [0.4, 0.5) is 10.5 Å². The van der Waals surface area contributed by atoms with Crippen LogP contribution < -0.4 is 10.7 Å². The maximum Gasteiger partial charge on any atom is 0.304 e. The number of nitrogens with zero attached hydrogens (tertiary/aromatic N) is 1. The molecule has 134 valence electrons. The number of hydrogen-bond donors (Lipinski definition) is 3. The summed E-state index contributed by atoms with van der Waals surface area (Å²) in [7, 11) is 0. The lowest BCUT2D eigenvalue weighted by molar-refractivity contribution is -0.114. The Bertz CT molecular complexity index is 901. The lowest BCUT2D eigenvalue weighted by Crippen LogP contribution is -2.41. The van der Waals surface area contributed by atoms with E-state index in [-0.39, 0.29) is 23.4 Å². The van der Waals surface area contributed by atoms with Crippen LogP contribution in [0.5, 0.6) is 5.75 Å². The molecule has 6 nitrogen and oxygen atoms in total. The summed E-state index contributed by atoms with van der Waals surface area (Å²) in [6, 6.07) is 12.0. The summed E-state index contributed by atoms with van der Waals surface area (Å²) in [6.45, 7) is 1.73. The fourth-order valence-corrected chi connectivity index (χ4v) is 3.28. The SMILES string of the molecule is CC(=O)Nc1cccc(CN2NC(c3cc(Cl)ccc3O)=CSC2=O)c1. The lowest BCUT2D eigenvalue weighted by atomic mass is 10.1. The van der Waals surface area contributed by atoms with Gasteiger partial charge < -0.3 is 10.4 Å². The molecular weight excluding hydrogens is 374 g/mol. The van der Waals surface area contributed by atoms with Crippen LogP contribution in [-0.4, -0.2) is 21.3 Å². The summed E-state index contributed by atoms with van der Waals surface area (Å²) in [5.74, 6) is -0.0952. The molecule has 1 heterocycles. The number of phenols is 1. The third-order valence-electron chi connectivity index (χ3n) is 3.59. The summed E-state index contributed by atoms with van der Waals surface area (Å²) >= 11 is 7.02. The van der Waals surface area contributed by atoms with Gasteiger partial charge in [0.2, 0.25) is 5.91 Å². The largest absolute Gasteiger partial charge is 0.507 e. The average molecular weight is 390 g/mol. The number of anilines is 1. The van der Waals surface area contributed by atoms with E-state index in [0.717, 1.165) is 17.3 Å². The summed E-state index contributed by atoms with van der Waals surface area (Å²) in [6.07, 6.45) is 0.